The fourth-order valence-corrected chi connectivity index (χ4v) is 3.94. The molecule has 1 aliphatic rings. The van der Waals surface area contributed by atoms with Crippen molar-refractivity contribution in [2.45, 2.75) is 32.2 Å². The molecule has 3 aromatic rings. The molecule has 0 fully saturated rings. The summed E-state index contributed by atoms with van der Waals surface area (Å²) in [6.07, 6.45) is 3.30. The SMILES string of the molecule is O=C(CCCCc1nc2ccccc2s1)NCc1ccc2c(c1)OCO2. The van der Waals surface area contributed by atoms with Gasteiger partial charge in [-0.1, -0.05) is 18.2 Å². The maximum atomic E-state index is 12.0. The van der Waals surface area contributed by atoms with E-state index < -0.39 is 0 Å². The predicted octanol–water partition coefficient (Wildman–Crippen LogP) is 4.05. The lowest BCUT2D eigenvalue weighted by Crippen LogP contribution is -2.22. The summed E-state index contributed by atoms with van der Waals surface area (Å²) in [5.74, 6) is 1.58. The molecule has 26 heavy (non-hydrogen) atoms. The van der Waals surface area contributed by atoms with Crippen LogP contribution in [0, 0.1) is 0 Å². The fourth-order valence-electron chi connectivity index (χ4n) is 2.93. The number of aryl methyl sites for hydroxylation is 1. The Labute approximate surface area is 156 Å². The largest absolute Gasteiger partial charge is 0.454 e. The van der Waals surface area contributed by atoms with E-state index in [0.717, 1.165) is 46.8 Å². The summed E-state index contributed by atoms with van der Waals surface area (Å²) < 4.78 is 11.9. The van der Waals surface area contributed by atoms with Crippen LogP contribution in [0.15, 0.2) is 42.5 Å². The molecule has 1 aromatic heterocycles. The number of fused-ring (bicyclic) bond motifs is 2. The summed E-state index contributed by atoms with van der Waals surface area (Å²) in [4.78, 5) is 16.7. The van der Waals surface area contributed by atoms with Gasteiger partial charge in [0.2, 0.25) is 12.7 Å². The van der Waals surface area contributed by atoms with Crippen LogP contribution >= 0.6 is 11.3 Å². The number of aromatic nitrogens is 1. The van der Waals surface area contributed by atoms with Crippen molar-refractivity contribution in [3.63, 3.8) is 0 Å². The van der Waals surface area contributed by atoms with Gasteiger partial charge in [-0.15, -0.1) is 11.3 Å². The first-order valence-electron chi connectivity index (χ1n) is 8.77. The van der Waals surface area contributed by atoms with Crippen LogP contribution in [0.4, 0.5) is 0 Å². The van der Waals surface area contributed by atoms with Crippen LogP contribution < -0.4 is 14.8 Å². The number of amides is 1. The highest BCUT2D eigenvalue weighted by Crippen LogP contribution is 2.32. The molecule has 0 bridgehead atoms. The second kappa shape index (κ2) is 7.74. The summed E-state index contributed by atoms with van der Waals surface area (Å²) in [5.41, 5.74) is 2.08. The number of hydrogen-bond acceptors (Lipinski definition) is 5. The van der Waals surface area contributed by atoms with E-state index in [1.165, 1.54) is 4.70 Å². The minimum atomic E-state index is 0.0759. The van der Waals surface area contributed by atoms with Gasteiger partial charge in [0.1, 0.15) is 0 Å². The number of nitrogens with zero attached hydrogens (tertiary/aromatic N) is 1. The summed E-state index contributed by atoms with van der Waals surface area (Å²) in [6.45, 7) is 0.771. The Morgan fingerprint density at radius 3 is 2.92 bits per heavy atom. The zero-order valence-corrected chi connectivity index (χ0v) is 15.2. The quantitative estimate of drug-likeness (QED) is 0.639. The van der Waals surface area contributed by atoms with Crippen LogP contribution in [-0.2, 0) is 17.8 Å². The van der Waals surface area contributed by atoms with Gasteiger partial charge in [-0.25, -0.2) is 4.98 Å². The van der Waals surface area contributed by atoms with Crippen molar-refractivity contribution < 1.29 is 14.3 Å². The van der Waals surface area contributed by atoms with Crippen molar-refractivity contribution in [2.24, 2.45) is 0 Å². The maximum absolute atomic E-state index is 12.0. The number of rotatable bonds is 7. The molecule has 6 heteroatoms. The molecule has 2 heterocycles. The number of ether oxygens (including phenoxy) is 2. The van der Waals surface area contributed by atoms with Gasteiger partial charge in [-0.3, -0.25) is 4.79 Å². The Bertz CT molecular complexity index is 889. The van der Waals surface area contributed by atoms with Crippen molar-refractivity contribution in [3.05, 3.63) is 53.0 Å². The molecule has 1 aliphatic heterocycles. The third-order valence-electron chi connectivity index (χ3n) is 4.31. The molecule has 0 aliphatic carbocycles. The van der Waals surface area contributed by atoms with E-state index in [0.29, 0.717) is 13.0 Å². The smallest absolute Gasteiger partial charge is 0.231 e. The number of carbonyl (C=O) groups excluding carboxylic acids is 1. The van der Waals surface area contributed by atoms with Crippen molar-refractivity contribution in [3.8, 4) is 11.5 Å². The van der Waals surface area contributed by atoms with Gasteiger partial charge in [0, 0.05) is 13.0 Å². The molecule has 0 saturated carbocycles. The van der Waals surface area contributed by atoms with Crippen molar-refractivity contribution >= 4 is 27.5 Å². The van der Waals surface area contributed by atoms with Crippen LogP contribution in [0.3, 0.4) is 0 Å². The Morgan fingerprint density at radius 1 is 1.12 bits per heavy atom. The van der Waals surface area contributed by atoms with E-state index in [1.54, 1.807) is 11.3 Å². The highest BCUT2D eigenvalue weighted by atomic mass is 32.1. The fraction of sp³-hybridized carbons (Fsp3) is 0.300. The highest BCUT2D eigenvalue weighted by Gasteiger charge is 2.13. The van der Waals surface area contributed by atoms with E-state index in [-0.39, 0.29) is 12.7 Å². The number of thiazole rings is 1. The zero-order valence-electron chi connectivity index (χ0n) is 14.4. The minimum Gasteiger partial charge on any atom is -0.454 e. The summed E-state index contributed by atoms with van der Waals surface area (Å²) in [5, 5.41) is 4.11. The molecule has 0 saturated heterocycles. The molecular weight excluding hydrogens is 348 g/mol. The summed E-state index contributed by atoms with van der Waals surface area (Å²) in [7, 11) is 0. The van der Waals surface area contributed by atoms with Gasteiger partial charge in [0.15, 0.2) is 11.5 Å². The molecule has 0 unspecified atom stereocenters. The lowest BCUT2D eigenvalue weighted by Gasteiger charge is -2.06. The average molecular weight is 368 g/mol. The van der Waals surface area contributed by atoms with Gasteiger partial charge in [0.25, 0.3) is 0 Å². The first-order chi connectivity index (χ1) is 12.8. The maximum Gasteiger partial charge on any atom is 0.231 e. The number of nitrogens with one attached hydrogen (secondary N) is 1. The zero-order chi connectivity index (χ0) is 17.8. The van der Waals surface area contributed by atoms with Gasteiger partial charge in [0.05, 0.1) is 15.2 Å². The lowest BCUT2D eigenvalue weighted by molar-refractivity contribution is -0.121. The molecular formula is C20H20N2O3S. The molecule has 0 atom stereocenters. The second-order valence-corrected chi connectivity index (χ2v) is 7.36. The predicted molar refractivity (Wildman–Crippen MR) is 102 cm³/mol. The number of hydrogen-bond donors (Lipinski definition) is 1. The van der Waals surface area contributed by atoms with Crippen LogP contribution in [0.2, 0.25) is 0 Å². The normalized spacial score (nSPS) is 12.5. The topological polar surface area (TPSA) is 60.5 Å². The number of benzene rings is 2. The van der Waals surface area contributed by atoms with Crippen molar-refractivity contribution in [2.75, 3.05) is 6.79 Å². The lowest BCUT2D eigenvalue weighted by atomic mass is 10.1. The van der Waals surface area contributed by atoms with Crippen molar-refractivity contribution in [1.29, 1.82) is 0 Å². The minimum absolute atomic E-state index is 0.0759. The summed E-state index contributed by atoms with van der Waals surface area (Å²) >= 11 is 1.74. The Kier molecular flexibility index (Phi) is 5.02. The van der Waals surface area contributed by atoms with Gasteiger partial charge >= 0.3 is 0 Å². The van der Waals surface area contributed by atoms with Crippen LogP contribution in [0.25, 0.3) is 10.2 Å². The molecule has 5 nitrogen and oxygen atoms in total. The van der Waals surface area contributed by atoms with Crippen LogP contribution in [0.1, 0.15) is 29.8 Å². The average Bonchev–Trinajstić information content (AvgIpc) is 3.29. The molecule has 2 aromatic carbocycles. The van der Waals surface area contributed by atoms with Gasteiger partial charge < -0.3 is 14.8 Å². The first kappa shape index (κ1) is 16.8. The second-order valence-electron chi connectivity index (χ2n) is 6.25. The van der Waals surface area contributed by atoms with Gasteiger partial charge in [-0.2, -0.15) is 0 Å². The van der Waals surface area contributed by atoms with E-state index in [1.807, 2.05) is 36.4 Å². The number of carbonyl (C=O) groups is 1. The molecule has 0 spiro atoms. The Hall–Kier alpha value is -2.60. The van der Waals surface area contributed by atoms with Gasteiger partial charge in [-0.05, 0) is 49.1 Å². The molecule has 134 valence electrons. The Morgan fingerprint density at radius 2 is 2.00 bits per heavy atom. The first-order valence-corrected chi connectivity index (χ1v) is 9.59. The highest BCUT2D eigenvalue weighted by molar-refractivity contribution is 7.18. The summed E-state index contributed by atoms with van der Waals surface area (Å²) in [6, 6.07) is 13.9. The number of unbranched alkanes of at least 4 members (excludes halogenated alkanes) is 1. The van der Waals surface area contributed by atoms with Crippen LogP contribution in [0.5, 0.6) is 11.5 Å². The number of para-hydroxylation sites is 1. The molecule has 1 N–H and O–H groups in total. The Balaban J connectivity index is 1.18. The third kappa shape index (κ3) is 3.96. The van der Waals surface area contributed by atoms with E-state index >= 15 is 0 Å². The monoisotopic (exact) mass is 368 g/mol. The van der Waals surface area contributed by atoms with E-state index in [2.05, 4.69) is 16.4 Å². The van der Waals surface area contributed by atoms with Crippen molar-refractivity contribution in [1.82, 2.24) is 10.3 Å². The molecule has 0 radical (unpaired) electrons. The van der Waals surface area contributed by atoms with E-state index in [9.17, 15) is 4.79 Å². The molecule has 1 amide bonds. The van der Waals surface area contributed by atoms with E-state index in [4.69, 9.17) is 9.47 Å². The standard InChI is InChI=1S/C20H20N2O3S/c23-19(21-12-14-9-10-16-17(11-14)25-13-24-16)7-3-4-8-20-22-15-5-1-2-6-18(15)26-20/h1-2,5-6,9-11H,3-4,7-8,12-13H2,(H,21,23). The molecule has 4 rings (SSSR count). The third-order valence-corrected chi connectivity index (χ3v) is 5.41. The van der Waals surface area contributed by atoms with Crippen LogP contribution in [-0.4, -0.2) is 17.7 Å².